The van der Waals surface area contributed by atoms with Crippen LogP contribution in [0.4, 0.5) is 5.69 Å². The fraction of sp³-hybridized carbons (Fsp3) is 0.0476. The highest BCUT2D eigenvalue weighted by molar-refractivity contribution is 6.31. The van der Waals surface area contributed by atoms with Gasteiger partial charge >= 0.3 is 5.97 Å². The zero-order chi connectivity index (χ0) is 19.1. The number of benzene rings is 3. The molecule has 136 valence electrons. The minimum absolute atomic E-state index is 0.230. The fourth-order valence-corrected chi connectivity index (χ4v) is 2.52. The summed E-state index contributed by atoms with van der Waals surface area (Å²) >= 11 is 6.13. The smallest absolute Gasteiger partial charge is 0.335 e. The van der Waals surface area contributed by atoms with E-state index in [9.17, 15) is 4.79 Å². The Bertz CT molecular complexity index is 956. The molecule has 0 aromatic heterocycles. The largest absolute Gasteiger partial charge is 0.489 e. The number of nitrogens with one attached hydrogen (secondary N) is 1. The summed E-state index contributed by atoms with van der Waals surface area (Å²) in [6.45, 7) is 0.383. The van der Waals surface area contributed by atoms with Crippen molar-refractivity contribution in [3.8, 4) is 5.75 Å². The molecule has 0 aliphatic heterocycles. The Kier molecular flexibility index (Phi) is 6.07. The van der Waals surface area contributed by atoms with Gasteiger partial charge < -0.3 is 9.84 Å². The molecule has 0 amide bonds. The second-order valence-electron chi connectivity index (χ2n) is 5.71. The maximum absolute atomic E-state index is 10.8. The molecule has 0 spiro atoms. The van der Waals surface area contributed by atoms with E-state index in [1.807, 2.05) is 48.5 Å². The molecule has 2 N–H and O–H groups in total. The Hall–Kier alpha value is -3.31. The van der Waals surface area contributed by atoms with Crippen LogP contribution in [-0.2, 0) is 6.61 Å². The molecule has 0 unspecified atom stereocenters. The molecule has 0 saturated carbocycles. The minimum atomic E-state index is -0.960. The first-order valence-corrected chi connectivity index (χ1v) is 8.58. The summed E-state index contributed by atoms with van der Waals surface area (Å²) in [6, 6.07) is 21.4. The Morgan fingerprint density at radius 1 is 1.07 bits per heavy atom. The monoisotopic (exact) mass is 380 g/mol. The number of hydrogen-bond donors (Lipinski definition) is 2. The van der Waals surface area contributed by atoms with E-state index in [1.54, 1.807) is 18.3 Å². The van der Waals surface area contributed by atoms with Crippen LogP contribution in [-0.4, -0.2) is 17.3 Å². The molecule has 0 atom stereocenters. The number of carboxylic acids is 1. The summed E-state index contributed by atoms with van der Waals surface area (Å²) < 4.78 is 5.79. The number of nitrogens with zero attached hydrogens (tertiary/aromatic N) is 1. The Balaban J connectivity index is 1.59. The van der Waals surface area contributed by atoms with E-state index in [0.717, 1.165) is 11.1 Å². The normalized spacial score (nSPS) is 10.7. The molecule has 0 saturated heterocycles. The Morgan fingerprint density at radius 3 is 2.59 bits per heavy atom. The number of aromatic carboxylic acids is 1. The Labute approximate surface area is 161 Å². The van der Waals surface area contributed by atoms with Crippen molar-refractivity contribution in [2.75, 3.05) is 5.43 Å². The number of halogens is 1. The second-order valence-corrected chi connectivity index (χ2v) is 6.11. The van der Waals surface area contributed by atoms with Gasteiger partial charge in [0.2, 0.25) is 0 Å². The summed E-state index contributed by atoms with van der Waals surface area (Å²) in [4.78, 5) is 10.8. The van der Waals surface area contributed by atoms with Crippen LogP contribution in [0.1, 0.15) is 21.5 Å². The number of hydrogen-bond acceptors (Lipinski definition) is 4. The van der Waals surface area contributed by atoms with Gasteiger partial charge in [-0.15, -0.1) is 0 Å². The third-order valence-electron chi connectivity index (χ3n) is 3.75. The highest BCUT2D eigenvalue weighted by atomic mass is 35.5. The molecule has 0 fully saturated rings. The molecule has 6 heteroatoms. The average molecular weight is 381 g/mol. The third kappa shape index (κ3) is 5.33. The van der Waals surface area contributed by atoms with Crippen molar-refractivity contribution < 1.29 is 14.6 Å². The summed E-state index contributed by atoms with van der Waals surface area (Å²) in [5, 5.41) is 13.7. The molecular formula is C21H17ClN2O3. The summed E-state index contributed by atoms with van der Waals surface area (Å²) in [7, 11) is 0. The van der Waals surface area contributed by atoms with Crippen molar-refractivity contribution in [2.45, 2.75) is 6.61 Å². The highest BCUT2D eigenvalue weighted by Crippen LogP contribution is 2.19. The van der Waals surface area contributed by atoms with Crippen molar-refractivity contribution in [2.24, 2.45) is 5.10 Å². The first-order valence-electron chi connectivity index (χ1n) is 8.20. The van der Waals surface area contributed by atoms with Crippen LogP contribution in [0.5, 0.6) is 5.75 Å². The standard InChI is InChI=1S/C21H17ClN2O3/c22-20-7-2-1-5-17(20)14-27-19-6-3-4-15(12-19)13-23-24-18-10-8-16(9-11-18)21(25)26/h1-13,24H,14H2,(H,25,26)/b23-13-. The molecule has 0 bridgehead atoms. The van der Waals surface area contributed by atoms with Crippen LogP contribution >= 0.6 is 11.6 Å². The van der Waals surface area contributed by atoms with Crippen LogP contribution < -0.4 is 10.2 Å². The number of anilines is 1. The lowest BCUT2D eigenvalue weighted by molar-refractivity contribution is 0.0697. The number of carbonyl (C=O) groups is 1. The molecule has 3 aromatic rings. The van der Waals surface area contributed by atoms with E-state index in [1.165, 1.54) is 12.1 Å². The van der Waals surface area contributed by atoms with Crippen LogP contribution in [0, 0.1) is 0 Å². The zero-order valence-corrected chi connectivity index (χ0v) is 15.1. The van der Waals surface area contributed by atoms with Gasteiger partial charge in [0.05, 0.1) is 17.5 Å². The topological polar surface area (TPSA) is 70.9 Å². The van der Waals surface area contributed by atoms with Gasteiger partial charge in [0.25, 0.3) is 0 Å². The number of rotatable bonds is 7. The van der Waals surface area contributed by atoms with E-state index < -0.39 is 5.97 Å². The fourth-order valence-electron chi connectivity index (χ4n) is 2.33. The van der Waals surface area contributed by atoms with E-state index in [-0.39, 0.29) is 5.56 Å². The lowest BCUT2D eigenvalue weighted by atomic mass is 10.2. The van der Waals surface area contributed by atoms with E-state index in [0.29, 0.717) is 23.1 Å². The van der Waals surface area contributed by atoms with Crippen molar-refractivity contribution in [1.82, 2.24) is 0 Å². The van der Waals surface area contributed by atoms with Gasteiger partial charge in [0.15, 0.2) is 0 Å². The van der Waals surface area contributed by atoms with Gasteiger partial charge in [-0.2, -0.15) is 5.10 Å². The molecular weight excluding hydrogens is 364 g/mol. The van der Waals surface area contributed by atoms with Gasteiger partial charge in [-0.3, -0.25) is 5.43 Å². The van der Waals surface area contributed by atoms with Crippen LogP contribution in [0.3, 0.4) is 0 Å². The maximum atomic E-state index is 10.8. The summed E-state index contributed by atoms with van der Waals surface area (Å²) in [5.74, 6) is -0.247. The van der Waals surface area contributed by atoms with E-state index in [2.05, 4.69) is 10.5 Å². The minimum Gasteiger partial charge on any atom is -0.489 e. The van der Waals surface area contributed by atoms with Crippen molar-refractivity contribution in [3.63, 3.8) is 0 Å². The quantitative estimate of drug-likeness (QED) is 0.443. The van der Waals surface area contributed by atoms with Crippen LogP contribution in [0.15, 0.2) is 77.9 Å². The molecule has 0 heterocycles. The van der Waals surface area contributed by atoms with Gasteiger partial charge in [0.1, 0.15) is 12.4 Å². The van der Waals surface area contributed by atoms with Gasteiger partial charge in [-0.1, -0.05) is 41.9 Å². The number of hydrazone groups is 1. The first-order chi connectivity index (χ1) is 13.1. The van der Waals surface area contributed by atoms with E-state index in [4.69, 9.17) is 21.4 Å². The van der Waals surface area contributed by atoms with Crippen LogP contribution in [0.2, 0.25) is 5.02 Å². The SMILES string of the molecule is O=C(O)c1ccc(N/N=C\c2cccc(OCc3ccccc3Cl)c2)cc1. The maximum Gasteiger partial charge on any atom is 0.335 e. The van der Waals surface area contributed by atoms with Gasteiger partial charge in [-0.25, -0.2) is 4.79 Å². The molecule has 0 aliphatic rings. The number of carboxylic acid groups (broad SMARTS) is 1. The lowest BCUT2D eigenvalue weighted by Crippen LogP contribution is -1.97. The third-order valence-corrected chi connectivity index (χ3v) is 4.12. The van der Waals surface area contributed by atoms with E-state index >= 15 is 0 Å². The molecule has 3 rings (SSSR count). The number of ether oxygens (including phenoxy) is 1. The summed E-state index contributed by atoms with van der Waals surface area (Å²) in [5.41, 5.74) is 5.57. The predicted molar refractivity (Wildman–Crippen MR) is 107 cm³/mol. The molecule has 3 aromatic carbocycles. The van der Waals surface area contributed by atoms with Gasteiger partial charge in [0, 0.05) is 10.6 Å². The summed E-state index contributed by atoms with van der Waals surface area (Å²) in [6.07, 6.45) is 1.66. The van der Waals surface area contributed by atoms with Crippen molar-refractivity contribution >= 4 is 29.5 Å². The molecule has 0 aliphatic carbocycles. The Morgan fingerprint density at radius 2 is 1.85 bits per heavy atom. The molecule has 27 heavy (non-hydrogen) atoms. The predicted octanol–water partition coefficient (Wildman–Crippen LogP) is 5.06. The second kappa shape index (κ2) is 8.87. The zero-order valence-electron chi connectivity index (χ0n) is 14.3. The highest BCUT2D eigenvalue weighted by Gasteiger charge is 2.02. The van der Waals surface area contributed by atoms with Crippen molar-refractivity contribution in [1.29, 1.82) is 0 Å². The first kappa shape index (κ1) is 18.5. The average Bonchev–Trinajstić information content (AvgIpc) is 2.68. The van der Waals surface area contributed by atoms with Crippen LogP contribution in [0.25, 0.3) is 0 Å². The molecule has 0 radical (unpaired) electrons. The molecule has 5 nitrogen and oxygen atoms in total. The van der Waals surface area contributed by atoms with Gasteiger partial charge in [-0.05, 0) is 48.0 Å². The van der Waals surface area contributed by atoms with Crippen molar-refractivity contribution in [3.05, 3.63) is 94.5 Å². The lowest BCUT2D eigenvalue weighted by Gasteiger charge is -2.08.